The minimum atomic E-state index is 0.690. The number of nitrogens with zero attached hydrogens (tertiary/aromatic N) is 3. The van der Waals surface area contributed by atoms with Crippen molar-refractivity contribution in [3.63, 3.8) is 0 Å². The second kappa shape index (κ2) is 6.66. The van der Waals surface area contributed by atoms with E-state index in [-0.39, 0.29) is 0 Å². The Hall–Kier alpha value is -2.27. The van der Waals surface area contributed by atoms with E-state index in [4.69, 9.17) is 5.84 Å². The lowest BCUT2D eigenvalue weighted by Gasteiger charge is -2.04. The molecule has 0 spiro atoms. The van der Waals surface area contributed by atoms with Gasteiger partial charge in [-0.05, 0) is 18.1 Å². The van der Waals surface area contributed by atoms with Gasteiger partial charge in [-0.25, -0.2) is 4.68 Å². The molecule has 1 heterocycles. The van der Waals surface area contributed by atoms with Gasteiger partial charge in [-0.15, -0.1) is 10.2 Å². The first kappa shape index (κ1) is 14.7. The van der Waals surface area contributed by atoms with E-state index in [1.807, 2.05) is 18.2 Å². The van der Waals surface area contributed by atoms with Crippen LogP contribution in [0.1, 0.15) is 22.5 Å². The van der Waals surface area contributed by atoms with Gasteiger partial charge in [-0.1, -0.05) is 71.9 Å². The average molecular weight is 310 g/mol. The van der Waals surface area contributed by atoms with Gasteiger partial charge >= 0.3 is 0 Å². The van der Waals surface area contributed by atoms with E-state index in [1.165, 1.54) is 16.7 Å². The minimum absolute atomic E-state index is 0.690. The number of hydrogen-bond donors (Lipinski definition) is 1. The number of rotatable bonds is 5. The maximum Gasteiger partial charge on any atom is 0.210 e. The van der Waals surface area contributed by atoms with Gasteiger partial charge in [0.1, 0.15) is 0 Å². The third kappa shape index (κ3) is 3.49. The minimum Gasteiger partial charge on any atom is -0.336 e. The largest absolute Gasteiger partial charge is 0.336 e. The summed E-state index contributed by atoms with van der Waals surface area (Å²) >= 11 is 1.60. The van der Waals surface area contributed by atoms with Crippen molar-refractivity contribution in [3.8, 4) is 0 Å². The molecule has 4 nitrogen and oxygen atoms in total. The topological polar surface area (TPSA) is 56.7 Å². The van der Waals surface area contributed by atoms with E-state index in [0.717, 1.165) is 16.7 Å². The van der Waals surface area contributed by atoms with Crippen LogP contribution in [-0.4, -0.2) is 14.9 Å². The van der Waals surface area contributed by atoms with E-state index in [9.17, 15) is 0 Å². The summed E-state index contributed by atoms with van der Waals surface area (Å²) in [5.74, 6) is 7.72. The molecule has 112 valence electrons. The van der Waals surface area contributed by atoms with Crippen LogP contribution in [0.15, 0.2) is 59.8 Å². The highest BCUT2D eigenvalue weighted by Gasteiger charge is 2.10. The van der Waals surface area contributed by atoms with Crippen LogP contribution < -0.4 is 5.84 Å². The van der Waals surface area contributed by atoms with Gasteiger partial charge in [-0.2, -0.15) is 0 Å². The fraction of sp³-hybridized carbons (Fsp3) is 0.176. The number of hydrogen-bond acceptors (Lipinski definition) is 4. The zero-order valence-corrected chi connectivity index (χ0v) is 13.3. The van der Waals surface area contributed by atoms with Crippen LogP contribution in [0.2, 0.25) is 0 Å². The van der Waals surface area contributed by atoms with Crippen LogP contribution in [0.25, 0.3) is 0 Å². The van der Waals surface area contributed by atoms with E-state index < -0.39 is 0 Å². The molecule has 3 aromatic rings. The molecule has 0 unspecified atom stereocenters. The Kier molecular flexibility index (Phi) is 4.44. The predicted molar refractivity (Wildman–Crippen MR) is 90.2 cm³/mol. The predicted octanol–water partition coefficient (Wildman–Crippen LogP) is 3.18. The highest BCUT2D eigenvalue weighted by Crippen LogP contribution is 2.21. The van der Waals surface area contributed by atoms with Crippen molar-refractivity contribution in [2.75, 3.05) is 5.84 Å². The van der Waals surface area contributed by atoms with Crippen molar-refractivity contribution in [1.82, 2.24) is 14.9 Å². The van der Waals surface area contributed by atoms with Crippen LogP contribution in [0.3, 0.4) is 0 Å². The van der Waals surface area contributed by atoms with Gasteiger partial charge in [0.2, 0.25) is 5.16 Å². The van der Waals surface area contributed by atoms with Gasteiger partial charge in [0.25, 0.3) is 0 Å². The second-order valence-corrected chi connectivity index (χ2v) is 6.15. The van der Waals surface area contributed by atoms with Crippen LogP contribution in [0, 0.1) is 6.92 Å². The Labute approximate surface area is 134 Å². The van der Waals surface area contributed by atoms with Gasteiger partial charge in [0.15, 0.2) is 5.82 Å². The molecule has 0 fully saturated rings. The van der Waals surface area contributed by atoms with Crippen molar-refractivity contribution in [2.24, 2.45) is 0 Å². The summed E-state index contributed by atoms with van der Waals surface area (Å²) in [7, 11) is 0. The summed E-state index contributed by atoms with van der Waals surface area (Å²) in [5, 5.41) is 9.14. The molecule has 0 radical (unpaired) electrons. The fourth-order valence-corrected chi connectivity index (χ4v) is 2.97. The van der Waals surface area contributed by atoms with E-state index >= 15 is 0 Å². The van der Waals surface area contributed by atoms with Gasteiger partial charge < -0.3 is 5.84 Å². The lowest BCUT2D eigenvalue weighted by molar-refractivity contribution is 0.805. The number of thioether (sulfide) groups is 1. The molecule has 0 aliphatic rings. The molecule has 0 atom stereocenters. The lowest BCUT2D eigenvalue weighted by atomic mass is 10.1. The first-order valence-corrected chi connectivity index (χ1v) is 8.12. The third-order valence-electron chi connectivity index (χ3n) is 3.43. The zero-order chi connectivity index (χ0) is 15.4. The van der Waals surface area contributed by atoms with Crippen LogP contribution >= 0.6 is 11.8 Å². The van der Waals surface area contributed by atoms with Crippen molar-refractivity contribution >= 4 is 11.8 Å². The number of aryl methyl sites for hydroxylation is 1. The van der Waals surface area contributed by atoms with E-state index in [0.29, 0.717) is 6.42 Å². The Balaban J connectivity index is 1.67. The first-order valence-electron chi connectivity index (χ1n) is 7.14. The monoisotopic (exact) mass is 310 g/mol. The normalized spacial score (nSPS) is 10.8. The molecular weight excluding hydrogens is 292 g/mol. The van der Waals surface area contributed by atoms with Crippen LogP contribution in [0.5, 0.6) is 0 Å². The number of nitrogen functional groups attached to an aromatic ring is 1. The lowest BCUT2D eigenvalue weighted by Crippen LogP contribution is -2.14. The highest BCUT2D eigenvalue weighted by molar-refractivity contribution is 7.98. The molecule has 0 aliphatic heterocycles. The molecule has 3 rings (SSSR count). The quantitative estimate of drug-likeness (QED) is 0.581. The maximum absolute atomic E-state index is 6.11. The molecule has 0 amide bonds. The van der Waals surface area contributed by atoms with Gasteiger partial charge in [0, 0.05) is 12.2 Å². The molecule has 0 saturated heterocycles. The van der Waals surface area contributed by atoms with Crippen LogP contribution in [-0.2, 0) is 12.2 Å². The number of nitrogens with two attached hydrogens (primary N) is 1. The summed E-state index contributed by atoms with van der Waals surface area (Å²) in [6, 6.07) is 18.6. The fourth-order valence-electron chi connectivity index (χ4n) is 2.14. The van der Waals surface area contributed by atoms with Crippen molar-refractivity contribution < 1.29 is 0 Å². The molecule has 5 heteroatoms. The molecule has 1 aromatic heterocycles. The zero-order valence-electron chi connectivity index (χ0n) is 12.4. The smallest absolute Gasteiger partial charge is 0.210 e. The summed E-state index contributed by atoms with van der Waals surface area (Å²) in [4.78, 5) is 0. The third-order valence-corrected chi connectivity index (χ3v) is 4.44. The first-order chi connectivity index (χ1) is 10.7. The van der Waals surface area contributed by atoms with E-state index in [2.05, 4.69) is 53.5 Å². The molecular formula is C17H18N4S. The summed E-state index contributed by atoms with van der Waals surface area (Å²) in [5.41, 5.74) is 3.70. The number of benzene rings is 2. The summed E-state index contributed by atoms with van der Waals surface area (Å²) in [6.07, 6.45) is 0.690. The molecule has 0 bridgehead atoms. The van der Waals surface area contributed by atoms with Crippen molar-refractivity contribution in [3.05, 3.63) is 77.1 Å². The second-order valence-electron chi connectivity index (χ2n) is 5.21. The van der Waals surface area contributed by atoms with E-state index in [1.54, 1.807) is 16.4 Å². The maximum atomic E-state index is 6.11. The van der Waals surface area contributed by atoms with Gasteiger partial charge in [0.05, 0.1) is 0 Å². The average Bonchev–Trinajstić information content (AvgIpc) is 2.88. The highest BCUT2D eigenvalue weighted by atomic mass is 32.2. The Morgan fingerprint density at radius 1 is 0.955 bits per heavy atom. The van der Waals surface area contributed by atoms with Gasteiger partial charge in [-0.3, -0.25) is 0 Å². The Morgan fingerprint density at radius 3 is 2.41 bits per heavy atom. The molecule has 0 saturated carbocycles. The standard InChI is InChI=1S/C17H18N4S/c1-13-7-9-15(10-8-13)12-22-17-20-19-16(21(17)18)11-14-5-3-2-4-6-14/h2-10H,11-12,18H2,1H3. The number of aromatic nitrogens is 3. The van der Waals surface area contributed by atoms with Crippen molar-refractivity contribution in [2.45, 2.75) is 24.3 Å². The Bertz CT molecular complexity index is 735. The Morgan fingerprint density at radius 2 is 1.68 bits per heavy atom. The summed E-state index contributed by atoms with van der Waals surface area (Å²) in [6.45, 7) is 2.09. The van der Waals surface area contributed by atoms with Crippen LogP contribution in [0.4, 0.5) is 0 Å². The molecule has 2 aromatic carbocycles. The molecule has 2 N–H and O–H groups in total. The molecule has 22 heavy (non-hydrogen) atoms. The molecule has 0 aliphatic carbocycles. The SMILES string of the molecule is Cc1ccc(CSc2nnc(Cc3ccccc3)n2N)cc1. The van der Waals surface area contributed by atoms with Crippen molar-refractivity contribution in [1.29, 1.82) is 0 Å². The summed E-state index contributed by atoms with van der Waals surface area (Å²) < 4.78 is 1.59.